The van der Waals surface area contributed by atoms with Crippen LogP contribution in [-0.4, -0.2) is 35.0 Å². The van der Waals surface area contributed by atoms with Crippen LogP contribution in [0.15, 0.2) is 54.6 Å². The number of aryl methyl sites for hydroxylation is 1. The van der Waals surface area contributed by atoms with Crippen LogP contribution < -0.4 is 0 Å². The number of likely N-dealkylation sites (tertiary alicyclic amines) is 1. The standard InChI is InChI=1S/C20H21NO3/c1-2-14-8-6-7-11-16(14)19(22)21-12-17(18(13-21)20(23)24)15-9-4-3-5-10-15/h3-11,17-18H,2,12-13H2,1H3,(H,23,24). The molecule has 1 fully saturated rings. The van der Waals surface area contributed by atoms with E-state index < -0.39 is 11.9 Å². The van der Waals surface area contributed by atoms with E-state index in [1.807, 2.05) is 61.5 Å². The van der Waals surface area contributed by atoms with Gasteiger partial charge in [-0.25, -0.2) is 0 Å². The molecule has 1 aliphatic rings. The van der Waals surface area contributed by atoms with Crippen LogP contribution in [0.4, 0.5) is 0 Å². The SMILES string of the molecule is CCc1ccccc1C(=O)N1CC(C(=O)O)C(c2ccccc2)C1. The minimum atomic E-state index is -0.845. The Balaban J connectivity index is 1.88. The number of hydrogen-bond donors (Lipinski definition) is 1. The maximum Gasteiger partial charge on any atom is 0.308 e. The zero-order valence-corrected chi connectivity index (χ0v) is 13.7. The molecule has 24 heavy (non-hydrogen) atoms. The fourth-order valence-corrected chi connectivity index (χ4v) is 3.47. The normalized spacial score (nSPS) is 20.1. The van der Waals surface area contributed by atoms with Crippen molar-refractivity contribution >= 4 is 11.9 Å². The van der Waals surface area contributed by atoms with Gasteiger partial charge in [0.05, 0.1) is 5.92 Å². The number of amides is 1. The Labute approximate surface area is 141 Å². The number of hydrogen-bond acceptors (Lipinski definition) is 2. The lowest BCUT2D eigenvalue weighted by Crippen LogP contribution is -2.30. The minimum absolute atomic E-state index is 0.0721. The van der Waals surface area contributed by atoms with Crippen molar-refractivity contribution in [2.75, 3.05) is 13.1 Å². The smallest absolute Gasteiger partial charge is 0.308 e. The Hall–Kier alpha value is -2.62. The molecule has 2 atom stereocenters. The second kappa shape index (κ2) is 6.87. The summed E-state index contributed by atoms with van der Waals surface area (Å²) in [5.74, 6) is -1.65. The maximum absolute atomic E-state index is 12.9. The molecular weight excluding hydrogens is 302 g/mol. The number of carbonyl (C=O) groups is 2. The van der Waals surface area contributed by atoms with Crippen molar-refractivity contribution in [3.63, 3.8) is 0 Å². The number of carbonyl (C=O) groups excluding carboxylic acids is 1. The van der Waals surface area contributed by atoms with Gasteiger partial charge in [-0.05, 0) is 23.6 Å². The van der Waals surface area contributed by atoms with Crippen LogP contribution in [0.2, 0.25) is 0 Å². The number of benzene rings is 2. The molecule has 2 unspecified atom stereocenters. The van der Waals surface area contributed by atoms with Gasteiger partial charge in [0.1, 0.15) is 0 Å². The number of carboxylic acid groups (broad SMARTS) is 1. The van der Waals surface area contributed by atoms with Gasteiger partial charge in [0.2, 0.25) is 0 Å². The Bertz CT molecular complexity index is 742. The summed E-state index contributed by atoms with van der Waals surface area (Å²) in [4.78, 5) is 26.3. The third kappa shape index (κ3) is 3.04. The van der Waals surface area contributed by atoms with Crippen LogP contribution in [0.25, 0.3) is 0 Å². The van der Waals surface area contributed by atoms with E-state index in [1.54, 1.807) is 4.90 Å². The van der Waals surface area contributed by atoms with Crippen molar-refractivity contribution in [2.45, 2.75) is 19.3 Å². The number of carboxylic acids is 1. The molecule has 0 spiro atoms. The first-order valence-electron chi connectivity index (χ1n) is 8.26. The second-order valence-electron chi connectivity index (χ2n) is 6.18. The lowest BCUT2D eigenvalue weighted by molar-refractivity contribution is -0.141. The van der Waals surface area contributed by atoms with Crippen LogP contribution in [0.5, 0.6) is 0 Å². The van der Waals surface area contributed by atoms with E-state index in [4.69, 9.17) is 0 Å². The summed E-state index contributed by atoms with van der Waals surface area (Å²) >= 11 is 0. The average Bonchev–Trinajstić information content (AvgIpc) is 3.07. The predicted octanol–water partition coefficient (Wildman–Crippen LogP) is 3.19. The fourth-order valence-electron chi connectivity index (χ4n) is 3.47. The molecule has 1 saturated heterocycles. The molecule has 0 aromatic heterocycles. The molecule has 3 rings (SSSR count). The largest absolute Gasteiger partial charge is 0.481 e. The highest BCUT2D eigenvalue weighted by molar-refractivity contribution is 5.96. The van der Waals surface area contributed by atoms with E-state index in [1.165, 1.54) is 0 Å². The predicted molar refractivity (Wildman–Crippen MR) is 92.0 cm³/mol. The molecule has 0 aliphatic carbocycles. The van der Waals surface area contributed by atoms with Crippen LogP contribution in [0.1, 0.15) is 34.3 Å². The minimum Gasteiger partial charge on any atom is -0.481 e. The van der Waals surface area contributed by atoms with E-state index in [-0.39, 0.29) is 18.4 Å². The number of nitrogens with zero attached hydrogens (tertiary/aromatic N) is 1. The monoisotopic (exact) mass is 323 g/mol. The summed E-state index contributed by atoms with van der Waals surface area (Å²) in [6, 6.07) is 17.2. The molecule has 0 saturated carbocycles. The summed E-state index contributed by atoms with van der Waals surface area (Å²) in [6.45, 7) is 2.71. The first-order valence-corrected chi connectivity index (χ1v) is 8.26. The molecule has 4 nitrogen and oxygen atoms in total. The zero-order chi connectivity index (χ0) is 17.1. The van der Waals surface area contributed by atoms with E-state index >= 15 is 0 Å². The van der Waals surface area contributed by atoms with Gasteiger partial charge >= 0.3 is 5.97 Å². The van der Waals surface area contributed by atoms with Crippen molar-refractivity contribution in [3.05, 3.63) is 71.3 Å². The van der Waals surface area contributed by atoms with Gasteiger partial charge in [-0.3, -0.25) is 9.59 Å². The highest BCUT2D eigenvalue weighted by Crippen LogP contribution is 2.34. The molecular formula is C20H21NO3. The second-order valence-corrected chi connectivity index (χ2v) is 6.18. The van der Waals surface area contributed by atoms with Gasteiger partial charge < -0.3 is 10.0 Å². The molecule has 1 N–H and O–H groups in total. The molecule has 124 valence electrons. The quantitative estimate of drug-likeness (QED) is 0.940. The Morgan fingerprint density at radius 3 is 2.38 bits per heavy atom. The molecule has 1 amide bonds. The van der Waals surface area contributed by atoms with Crippen LogP contribution in [0.3, 0.4) is 0 Å². The zero-order valence-electron chi connectivity index (χ0n) is 13.7. The Morgan fingerprint density at radius 2 is 1.71 bits per heavy atom. The Morgan fingerprint density at radius 1 is 1.04 bits per heavy atom. The summed E-state index contributed by atoms with van der Waals surface area (Å²) in [5, 5.41) is 9.58. The average molecular weight is 323 g/mol. The molecule has 0 bridgehead atoms. The van der Waals surface area contributed by atoms with Gasteiger partial charge in [-0.2, -0.15) is 0 Å². The van der Waals surface area contributed by atoms with Crippen LogP contribution >= 0.6 is 0 Å². The van der Waals surface area contributed by atoms with Crippen molar-refractivity contribution in [2.24, 2.45) is 5.92 Å². The third-order valence-electron chi connectivity index (χ3n) is 4.78. The molecule has 0 radical (unpaired) electrons. The summed E-state index contributed by atoms with van der Waals surface area (Å²) in [6.07, 6.45) is 0.778. The fraction of sp³-hybridized carbons (Fsp3) is 0.300. The van der Waals surface area contributed by atoms with Gasteiger partial charge in [0.25, 0.3) is 5.91 Å². The van der Waals surface area contributed by atoms with E-state index in [2.05, 4.69) is 0 Å². The first-order chi connectivity index (χ1) is 11.6. The molecule has 1 heterocycles. The van der Waals surface area contributed by atoms with Crippen molar-refractivity contribution < 1.29 is 14.7 Å². The summed E-state index contributed by atoms with van der Waals surface area (Å²) < 4.78 is 0. The lowest BCUT2D eigenvalue weighted by Gasteiger charge is -2.18. The third-order valence-corrected chi connectivity index (χ3v) is 4.78. The van der Waals surface area contributed by atoms with Crippen LogP contribution in [-0.2, 0) is 11.2 Å². The summed E-state index contributed by atoms with van der Waals surface area (Å²) in [7, 11) is 0. The van der Waals surface area contributed by atoms with Gasteiger partial charge in [-0.1, -0.05) is 55.5 Å². The van der Waals surface area contributed by atoms with Crippen molar-refractivity contribution in [1.82, 2.24) is 4.90 Å². The van der Waals surface area contributed by atoms with Gasteiger partial charge in [0.15, 0.2) is 0 Å². The van der Waals surface area contributed by atoms with Crippen LogP contribution in [0, 0.1) is 5.92 Å². The van der Waals surface area contributed by atoms with Gasteiger partial charge in [-0.15, -0.1) is 0 Å². The summed E-state index contributed by atoms with van der Waals surface area (Å²) in [5.41, 5.74) is 2.65. The van der Waals surface area contributed by atoms with Crippen molar-refractivity contribution in [3.8, 4) is 0 Å². The highest BCUT2D eigenvalue weighted by Gasteiger charge is 2.40. The molecule has 1 aliphatic heterocycles. The van der Waals surface area contributed by atoms with E-state index in [9.17, 15) is 14.7 Å². The van der Waals surface area contributed by atoms with E-state index in [0.29, 0.717) is 12.1 Å². The lowest BCUT2D eigenvalue weighted by atomic mass is 9.89. The molecule has 2 aromatic carbocycles. The first kappa shape index (κ1) is 16.2. The number of rotatable bonds is 4. The highest BCUT2D eigenvalue weighted by atomic mass is 16.4. The topological polar surface area (TPSA) is 57.6 Å². The van der Waals surface area contributed by atoms with E-state index in [0.717, 1.165) is 17.5 Å². The number of aliphatic carboxylic acids is 1. The molecule has 4 heteroatoms. The van der Waals surface area contributed by atoms with Gasteiger partial charge in [0, 0.05) is 24.6 Å². The maximum atomic E-state index is 12.9. The Kier molecular flexibility index (Phi) is 4.65. The molecule has 2 aromatic rings. The van der Waals surface area contributed by atoms with Crippen molar-refractivity contribution in [1.29, 1.82) is 0 Å².